The van der Waals surface area contributed by atoms with Crippen molar-refractivity contribution in [2.45, 2.75) is 47.6 Å². The first-order valence-corrected chi connectivity index (χ1v) is 10.7. The van der Waals surface area contributed by atoms with Crippen molar-refractivity contribution in [1.82, 2.24) is 0 Å². The average Bonchev–Trinajstić information content (AvgIpc) is 3.11. The van der Waals surface area contributed by atoms with Crippen LogP contribution >= 0.6 is 0 Å². The standard InChI is InChI=1S/C24H23.2ClH.Zr/c1-16(18-13-11-17-6-2-3-7-19(17)18)10-12-22-20-8-4-5-9-21(20)23-14-15-24(22)23;;;/h2-9,11,13,18,22H,10,12,14-15H2,1H3;2*1H;/q;;;+2/p-2. The Kier molecular flexibility index (Phi) is 6.27. The molecule has 0 aliphatic heterocycles. The molecular formula is C24H23Cl2Zr. The summed E-state index contributed by atoms with van der Waals surface area (Å²) < 4.78 is 0.387. The van der Waals surface area contributed by atoms with Crippen molar-refractivity contribution >= 4 is 11.6 Å². The van der Waals surface area contributed by atoms with Gasteiger partial charge in [-0.1, -0.05) is 0 Å². The van der Waals surface area contributed by atoms with Gasteiger partial charge in [-0.15, -0.1) is 0 Å². The summed E-state index contributed by atoms with van der Waals surface area (Å²) in [7, 11) is 0. The zero-order valence-electron chi connectivity index (χ0n) is 15.5. The first-order valence-electron chi connectivity index (χ1n) is 9.48. The molecule has 0 nitrogen and oxygen atoms in total. The van der Waals surface area contributed by atoms with E-state index >= 15 is 0 Å². The third kappa shape index (κ3) is 3.45. The van der Waals surface area contributed by atoms with Crippen LogP contribution in [0.2, 0.25) is 3.12 Å². The molecule has 27 heavy (non-hydrogen) atoms. The third-order valence-corrected chi connectivity index (χ3v) is 7.93. The maximum atomic E-state index is 2.50. The molecule has 0 spiro atoms. The van der Waals surface area contributed by atoms with Crippen LogP contribution < -0.4 is 24.8 Å². The van der Waals surface area contributed by atoms with Crippen molar-refractivity contribution in [3.05, 3.63) is 82.4 Å². The molecule has 0 aromatic heterocycles. The summed E-state index contributed by atoms with van der Waals surface area (Å²) in [5.41, 5.74) is 9.57. The Morgan fingerprint density at radius 1 is 0.963 bits per heavy atom. The largest absolute Gasteiger partial charge is 1.00 e. The van der Waals surface area contributed by atoms with E-state index in [0.717, 1.165) is 0 Å². The molecule has 0 N–H and O–H groups in total. The molecule has 0 fully saturated rings. The monoisotopic (exact) mass is 471 g/mol. The molecule has 0 heterocycles. The van der Waals surface area contributed by atoms with Crippen molar-refractivity contribution in [3.8, 4) is 0 Å². The maximum Gasteiger partial charge on any atom is -1.00 e. The van der Waals surface area contributed by atoms with Crippen LogP contribution in [0.3, 0.4) is 0 Å². The van der Waals surface area contributed by atoms with Gasteiger partial charge in [0.05, 0.1) is 0 Å². The fourth-order valence-electron chi connectivity index (χ4n) is 5.08. The Bertz CT molecular complexity index is 910. The second-order valence-electron chi connectivity index (χ2n) is 8.07. The van der Waals surface area contributed by atoms with Gasteiger partial charge in [-0.2, -0.15) is 0 Å². The van der Waals surface area contributed by atoms with Crippen molar-refractivity contribution in [2.75, 3.05) is 0 Å². The van der Waals surface area contributed by atoms with Gasteiger partial charge in [-0.05, 0) is 0 Å². The first kappa shape index (κ1) is 21.1. The van der Waals surface area contributed by atoms with Gasteiger partial charge in [0.1, 0.15) is 0 Å². The van der Waals surface area contributed by atoms with Gasteiger partial charge in [-0.3, -0.25) is 0 Å². The van der Waals surface area contributed by atoms with Crippen LogP contribution in [0.15, 0.2) is 60.2 Å². The second kappa shape index (κ2) is 8.02. The molecule has 3 unspecified atom stereocenters. The van der Waals surface area contributed by atoms with Crippen LogP contribution in [0.25, 0.3) is 11.6 Å². The normalized spacial score (nSPS) is 23.4. The van der Waals surface area contributed by atoms with Crippen molar-refractivity contribution < 1.29 is 49.5 Å². The summed E-state index contributed by atoms with van der Waals surface area (Å²) in [5, 5.41) is 0. The summed E-state index contributed by atoms with van der Waals surface area (Å²) in [6.07, 6.45) is 10.0. The topological polar surface area (TPSA) is 0 Å². The molecule has 137 valence electrons. The number of hydrogen-bond acceptors (Lipinski definition) is 0. The minimum atomic E-state index is 0. The predicted molar refractivity (Wildman–Crippen MR) is 101 cm³/mol. The fraction of sp³-hybridized carbons (Fsp3) is 0.333. The van der Waals surface area contributed by atoms with Gasteiger partial charge in [0.15, 0.2) is 0 Å². The zero-order valence-corrected chi connectivity index (χ0v) is 19.5. The van der Waals surface area contributed by atoms with Gasteiger partial charge in [-0.25, -0.2) is 0 Å². The summed E-state index contributed by atoms with van der Waals surface area (Å²) in [5.74, 6) is 1.29. The van der Waals surface area contributed by atoms with Crippen LogP contribution in [-0.4, -0.2) is 0 Å². The molecule has 0 bridgehead atoms. The molecule has 0 saturated heterocycles. The van der Waals surface area contributed by atoms with Gasteiger partial charge < -0.3 is 24.8 Å². The van der Waals surface area contributed by atoms with E-state index in [2.05, 4.69) is 67.6 Å². The minimum absolute atomic E-state index is 0. The van der Waals surface area contributed by atoms with E-state index in [1.807, 2.05) is 0 Å². The number of rotatable bonds is 4. The second-order valence-corrected chi connectivity index (χ2v) is 10.9. The molecular weight excluding hydrogens is 450 g/mol. The zero-order chi connectivity index (χ0) is 17.0. The van der Waals surface area contributed by atoms with Gasteiger partial charge in [0.2, 0.25) is 0 Å². The van der Waals surface area contributed by atoms with Gasteiger partial charge >= 0.3 is 166 Å². The molecule has 2 aromatic carbocycles. The quantitative estimate of drug-likeness (QED) is 0.612. The summed E-state index contributed by atoms with van der Waals surface area (Å²) in [6.45, 7) is 2.50. The van der Waals surface area contributed by atoms with E-state index in [9.17, 15) is 0 Å². The Morgan fingerprint density at radius 2 is 1.67 bits per heavy atom. The smallest absolute Gasteiger partial charge is 1.00 e. The van der Waals surface area contributed by atoms with Gasteiger partial charge in [0.25, 0.3) is 0 Å². The molecule has 3 aliphatic rings. The van der Waals surface area contributed by atoms with Crippen molar-refractivity contribution in [1.29, 1.82) is 0 Å². The molecule has 3 heteroatoms. The average molecular weight is 474 g/mol. The molecule has 2 aromatic rings. The van der Waals surface area contributed by atoms with E-state index in [-0.39, 0.29) is 24.8 Å². The van der Waals surface area contributed by atoms with Crippen LogP contribution in [-0.2, 0) is 24.7 Å². The summed E-state index contributed by atoms with van der Waals surface area (Å²) in [4.78, 5) is 0. The Labute approximate surface area is 190 Å². The number of allylic oxidation sites excluding steroid dienone is 3. The van der Waals surface area contributed by atoms with E-state index < -0.39 is 0 Å². The number of benzene rings is 2. The maximum absolute atomic E-state index is 2.50. The number of halogens is 2. The Morgan fingerprint density at radius 3 is 2.41 bits per heavy atom. The van der Waals surface area contributed by atoms with Crippen LogP contribution in [0.5, 0.6) is 0 Å². The molecule has 5 rings (SSSR count). The Hall–Kier alpha value is -0.617. The molecule has 0 amide bonds. The molecule has 3 aliphatic carbocycles. The van der Waals surface area contributed by atoms with E-state index in [0.29, 0.717) is 15.0 Å². The number of fused-ring (bicyclic) bond motifs is 3. The minimum Gasteiger partial charge on any atom is -1.00 e. The molecule has 0 radical (unpaired) electrons. The van der Waals surface area contributed by atoms with Gasteiger partial charge in [0, 0.05) is 0 Å². The van der Waals surface area contributed by atoms with E-state index in [1.165, 1.54) is 36.8 Å². The SMILES string of the molecule is C[C]([Zr+2])(CCC1C2=C(CC2)c2ccccc21)C1C=Cc2ccccc21.[Cl-].[Cl-]. The molecule has 0 saturated carbocycles. The van der Waals surface area contributed by atoms with Crippen molar-refractivity contribution in [3.63, 3.8) is 0 Å². The Balaban J connectivity index is 0.00000105. The predicted octanol–water partition coefficient (Wildman–Crippen LogP) is 0.655. The van der Waals surface area contributed by atoms with E-state index in [1.54, 1.807) is 47.0 Å². The van der Waals surface area contributed by atoms with Crippen LogP contribution in [0.4, 0.5) is 0 Å². The summed E-state index contributed by atoms with van der Waals surface area (Å²) in [6, 6.07) is 18.1. The third-order valence-electron chi connectivity index (χ3n) is 6.55. The summed E-state index contributed by atoms with van der Waals surface area (Å²) >= 11 is 1.67. The fourth-order valence-corrected chi connectivity index (χ4v) is 6.06. The van der Waals surface area contributed by atoms with Crippen LogP contribution in [0, 0.1) is 0 Å². The number of hydrogen-bond donors (Lipinski definition) is 0. The van der Waals surface area contributed by atoms with Crippen LogP contribution in [0.1, 0.15) is 66.7 Å². The first-order chi connectivity index (χ1) is 12.1. The van der Waals surface area contributed by atoms with Crippen molar-refractivity contribution in [2.24, 2.45) is 0 Å². The molecule has 3 atom stereocenters. The van der Waals surface area contributed by atoms with E-state index in [4.69, 9.17) is 0 Å².